The molecule has 3 N–H and O–H groups in total. The van der Waals surface area contributed by atoms with Crippen molar-refractivity contribution >= 4 is 27.4 Å². The average Bonchev–Trinajstić information content (AvgIpc) is 3.18. The Balaban J connectivity index is 1.67. The smallest absolute Gasteiger partial charge is 0.312 e. The van der Waals surface area contributed by atoms with Crippen LogP contribution in [0, 0.1) is 0 Å². The van der Waals surface area contributed by atoms with Crippen molar-refractivity contribution in [3.63, 3.8) is 0 Å². The zero-order valence-electron chi connectivity index (χ0n) is 11.8. The molecule has 1 aromatic carbocycles. The molecule has 2 aromatic heterocycles. The number of nitrogens with two attached hydrogens (primary N) is 1. The average molecular weight is 351 g/mol. The minimum atomic E-state index is -3.63. The molecule has 0 saturated carbocycles. The van der Waals surface area contributed by atoms with Crippen LogP contribution in [0.3, 0.4) is 0 Å². The standard InChI is InChI=1S/C13H13N5O3S2/c14-13-18-17-10(21-13)6-7-16-23(19,20)11-8-15-12(22-11)9-4-2-1-3-5-9/h1-5,8,16H,6-7H2,(H2,14,18). The summed E-state index contributed by atoms with van der Waals surface area (Å²) in [5.74, 6) is 0.277. The number of thiazole rings is 1. The summed E-state index contributed by atoms with van der Waals surface area (Å²) in [4.78, 5) is 4.16. The van der Waals surface area contributed by atoms with E-state index in [1.54, 1.807) is 0 Å². The van der Waals surface area contributed by atoms with Crippen molar-refractivity contribution in [2.45, 2.75) is 10.6 Å². The largest absolute Gasteiger partial charge is 0.408 e. The number of sulfonamides is 1. The molecule has 8 nitrogen and oxygen atoms in total. The highest BCUT2D eigenvalue weighted by molar-refractivity contribution is 7.91. The number of nitrogen functional groups attached to an aromatic ring is 1. The molecule has 0 atom stereocenters. The zero-order chi connectivity index (χ0) is 16.3. The molecule has 0 amide bonds. The van der Waals surface area contributed by atoms with Gasteiger partial charge in [-0.15, -0.1) is 16.4 Å². The highest BCUT2D eigenvalue weighted by Gasteiger charge is 2.18. The first-order valence-corrected chi connectivity index (χ1v) is 8.93. The van der Waals surface area contributed by atoms with Gasteiger partial charge >= 0.3 is 6.01 Å². The van der Waals surface area contributed by atoms with Crippen molar-refractivity contribution in [1.82, 2.24) is 19.9 Å². The van der Waals surface area contributed by atoms with Crippen LogP contribution in [-0.2, 0) is 16.4 Å². The fourth-order valence-corrected chi connectivity index (χ4v) is 4.04. The molecule has 120 valence electrons. The Labute approximate surface area is 136 Å². The van der Waals surface area contributed by atoms with E-state index >= 15 is 0 Å². The Bertz CT molecular complexity index is 889. The lowest BCUT2D eigenvalue weighted by molar-refractivity contribution is 0.506. The normalized spacial score (nSPS) is 11.7. The van der Waals surface area contributed by atoms with Crippen molar-refractivity contribution < 1.29 is 12.8 Å². The molecular weight excluding hydrogens is 338 g/mol. The van der Waals surface area contributed by atoms with Gasteiger partial charge in [0.2, 0.25) is 5.89 Å². The lowest BCUT2D eigenvalue weighted by Gasteiger charge is -2.01. The highest BCUT2D eigenvalue weighted by atomic mass is 32.2. The van der Waals surface area contributed by atoms with Crippen LogP contribution in [0.1, 0.15) is 5.89 Å². The predicted molar refractivity (Wildman–Crippen MR) is 85.2 cm³/mol. The van der Waals surface area contributed by atoms with E-state index in [0.717, 1.165) is 16.9 Å². The number of nitrogens with zero attached hydrogens (tertiary/aromatic N) is 3. The van der Waals surface area contributed by atoms with Crippen LogP contribution in [0.4, 0.5) is 6.01 Å². The Morgan fingerprint density at radius 1 is 1.22 bits per heavy atom. The van der Waals surface area contributed by atoms with Crippen molar-refractivity contribution in [3.05, 3.63) is 42.4 Å². The minimum Gasteiger partial charge on any atom is -0.408 e. The van der Waals surface area contributed by atoms with Crippen molar-refractivity contribution in [3.8, 4) is 10.6 Å². The Hall–Kier alpha value is -2.30. The molecule has 0 saturated heterocycles. The van der Waals surface area contributed by atoms with Gasteiger partial charge in [0, 0.05) is 18.5 Å². The lowest BCUT2D eigenvalue weighted by atomic mass is 10.2. The van der Waals surface area contributed by atoms with E-state index in [0.29, 0.717) is 5.01 Å². The second-order valence-electron chi connectivity index (χ2n) is 4.53. The van der Waals surface area contributed by atoms with Crippen molar-refractivity contribution in [1.29, 1.82) is 0 Å². The van der Waals surface area contributed by atoms with Crippen LogP contribution in [0.2, 0.25) is 0 Å². The maximum atomic E-state index is 12.2. The third kappa shape index (κ3) is 3.73. The summed E-state index contributed by atoms with van der Waals surface area (Å²) in [6.07, 6.45) is 1.60. The molecule has 0 bridgehead atoms. The summed E-state index contributed by atoms with van der Waals surface area (Å²) in [7, 11) is -3.63. The molecule has 23 heavy (non-hydrogen) atoms. The zero-order valence-corrected chi connectivity index (χ0v) is 13.5. The molecule has 10 heteroatoms. The van der Waals surface area contributed by atoms with E-state index in [4.69, 9.17) is 10.2 Å². The fraction of sp³-hybridized carbons (Fsp3) is 0.154. The minimum absolute atomic E-state index is 0.0437. The molecule has 0 fully saturated rings. The molecule has 0 aliphatic carbocycles. The maximum Gasteiger partial charge on any atom is 0.312 e. The van der Waals surface area contributed by atoms with Gasteiger partial charge in [0.25, 0.3) is 10.0 Å². The summed E-state index contributed by atoms with van der Waals surface area (Å²) >= 11 is 1.11. The van der Waals surface area contributed by atoms with E-state index < -0.39 is 10.0 Å². The third-order valence-corrected chi connectivity index (χ3v) is 5.85. The van der Waals surface area contributed by atoms with Gasteiger partial charge in [-0.2, -0.15) is 0 Å². The van der Waals surface area contributed by atoms with Crippen LogP contribution < -0.4 is 10.5 Å². The summed E-state index contributed by atoms with van der Waals surface area (Å²) in [5.41, 5.74) is 6.17. The third-order valence-electron chi connectivity index (χ3n) is 2.88. The van der Waals surface area contributed by atoms with E-state index in [9.17, 15) is 8.42 Å². The van der Waals surface area contributed by atoms with Crippen molar-refractivity contribution in [2.24, 2.45) is 0 Å². The molecule has 2 heterocycles. The first kappa shape index (κ1) is 15.6. The highest BCUT2D eigenvalue weighted by Crippen LogP contribution is 2.27. The summed E-state index contributed by atoms with van der Waals surface area (Å²) < 4.78 is 32.1. The number of anilines is 1. The molecular formula is C13H13N5O3S2. The first-order valence-electron chi connectivity index (χ1n) is 6.63. The lowest BCUT2D eigenvalue weighted by Crippen LogP contribution is -2.25. The second kappa shape index (κ2) is 6.44. The molecule has 0 unspecified atom stereocenters. The fourth-order valence-electron chi connectivity index (χ4n) is 1.83. The summed E-state index contributed by atoms with van der Waals surface area (Å²) in [6, 6.07) is 9.35. The Morgan fingerprint density at radius 2 is 2.00 bits per heavy atom. The molecule has 0 radical (unpaired) electrons. The molecule has 0 aliphatic heterocycles. The Morgan fingerprint density at radius 3 is 2.70 bits per heavy atom. The molecule has 3 aromatic rings. The summed E-state index contributed by atoms with van der Waals surface area (Å²) in [5, 5.41) is 7.82. The molecule has 3 rings (SSSR count). The SMILES string of the molecule is Nc1nnc(CCNS(=O)(=O)c2cnc(-c3ccccc3)s2)o1. The van der Waals surface area contributed by atoms with Crippen molar-refractivity contribution in [2.75, 3.05) is 12.3 Å². The first-order chi connectivity index (χ1) is 11.0. The van der Waals surface area contributed by atoms with Gasteiger partial charge < -0.3 is 10.2 Å². The number of hydrogen-bond donors (Lipinski definition) is 2. The van der Waals surface area contributed by atoms with Gasteiger partial charge in [-0.1, -0.05) is 35.4 Å². The summed E-state index contributed by atoms with van der Waals surface area (Å²) in [6.45, 7) is 0.128. The van der Waals surface area contributed by atoms with Crippen LogP contribution in [0.25, 0.3) is 10.6 Å². The van der Waals surface area contributed by atoms with Gasteiger partial charge in [0.05, 0.1) is 6.20 Å². The van der Waals surface area contributed by atoms with Gasteiger partial charge in [-0.25, -0.2) is 18.1 Å². The van der Waals surface area contributed by atoms with Crippen LogP contribution >= 0.6 is 11.3 Å². The van der Waals surface area contributed by atoms with Crippen LogP contribution in [0.15, 0.2) is 45.2 Å². The second-order valence-corrected chi connectivity index (χ2v) is 7.56. The molecule has 0 spiro atoms. The van der Waals surface area contributed by atoms with Gasteiger partial charge in [-0.3, -0.25) is 0 Å². The number of aromatic nitrogens is 3. The topological polar surface area (TPSA) is 124 Å². The van der Waals surface area contributed by atoms with Crippen LogP contribution in [0.5, 0.6) is 0 Å². The number of nitrogens with one attached hydrogen (secondary N) is 1. The predicted octanol–water partition coefficient (Wildman–Crippen LogP) is 1.30. The van der Waals surface area contributed by atoms with E-state index in [2.05, 4.69) is 19.9 Å². The van der Waals surface area contributed by atoms with Gasteiger partial charge in [0.1, 0.15) is 5.01 Å². The molecule has 0 aliphatic rings. The van der Waals surface area contributed by atoms with E-state index in [-0.39, 0.29) is 29.1 Å². The van der Waals surface area contributed by atoms with Gasteiger partial charge in [0.15, 0.2) is 4.21 Å². The number of rotatable bonds is 6. The van der Waals surface area contributed by atoms with E-state index in [1.807, 2.05) is 30.3 Å². The quantitative estimate of drug-likeness (QED) is 0.686. The monoisotopic (exact) mass is 351 g/mol. The van der Waals surface area contributed by atoms with Crippen LogP contribution in [-0.4, -0.2) is 30.1 Å². The van der Waals surface area contributed by atoms with Gasteiger partial charge in [-0.05, 0) is 0 Å². The number of hydrogen-bond acceptors (Lipinski definition) is 8. The van der Waals surface area contributed by atoms with E-state index in [1.165, 1.54) is 6.20 Å². The maximum absolute atomic E-state index is 12.2. The Kier molecular flexibility index (Phi) is 4.37. The number of benzene rings is 1.